The number of hydrazine groups is 1. The zero-order valence-corrected chi connectivity index (χ0v) is 4.06. The molecule has 0 saturated carbocycles. The summed E-state index contributed by atoms with van der Waals surface area (Å²) in [6, 6.07) is 0. The van der Waals surface area contributed by atoms with E-state index in [0.717, 1.165) is 0 Å². The number of rotatable bonds is 0. The van der Waals surface area contributed by atoms with Crippen molar-refractivity contribution < 1.29 is 4.57 Å². The van der Waals surface area contributed by atoms with Gasteiger partial charge in [0.15, 0.2) is 0 Å². The quantitative estimate of drug-likeness (QED) is 0.241. The predicted octanol–water partition coefficient (Wildman–Crippen LogP) is -0.541. The Morgan fingerprint density at radius 2 is 1.60 bits per heavy atom. The summed E-state index contributed by atoms with van der Waals surface area (Å²) in [5, 5.41) is 0. The van der Waals surface area contributed by atoms with Gasteiger partial charge in [-0.3, -0.25) is 11.7 Å². The Hall–Kier alpha value is 0.0200. The lowest BCUT2D eigenvalue weighted by atomic mass is 12.0. The Labute approximate surface area is 32.5 Å². The van der Waals surface area contributed by atoms with Gasteiger partial charge in [0, 0.05) is 0 Å². The van der Waals surface area contributed by atoms with Crippen LogP contribution < -0.4 is 11.7 Å². The molecule has 0 rings (SSSR count). The fourth-order valence-corrected chi connectivity index (χ4v) is 0. The van der Waals surface area contributed by atoms with Gasteiger partial charge in [0.05, 0.1) is 0 Å². The Kier molecular flexibility index (Phi) is 62.7. The van der Waals surface area contributed by atoms with Crippen LogP contribution in [0.3, 0.4) is 0 Å². The molecule has 0 fully saturated rings. The Morgan fingerprint density at radius 3 is 1.60 bits per heavy atom. The fraction of sp³-hybridized carbons (Fsp3) is 1.00. The molecule has 0 aromatic heterocycles. The minimum absolute atomic E-state index is 0.167. The maximum atomic E-state index is 8.96. The van der Waals surface area contributed by atoms with Crippen LogP contribution in [-0.2, 0) is 4.57 Å². The van der Waals surface area contributed by atoms with Crippen molar-refractivity contribution in [1.29, 1.82) is 0 Å². The smallest absolute Gasteiger partial charge is 0.274 e. The van der Waals surface area contributed by atoms with Gasteiger partial charge in [-0.15, -0.1) is 0 Å². The molecule has 0 amide bonds. The van der Waals surface area contributed by atoms with E-state index >= 15 is 0 Å². The van der Waals surface area contributed by atoms with Crippen molar-refractivity contribution in [2.75, 3.05) is 6.66 Å². The second kappa shape index (κ2) is 35.2. The lowest BCUT2D eigenvalue weighted by Gasteiger charge is -1.27. The van der Waals surface area contributed by atoms with E-state index in [2.05, 4.69) is 11.7 Å². The Bertz CT molecular complexity index is 17.1. The van der Waals surface area contributed by atoms with Crippen molar-refractivity contribution in [2.24, 2.45) is 11.7 Å². The van der Waals surface area contributed by atoms with E-state index in [-0.39, 0.29) is 8.46 Å². The van der Waals surface area contributed by atoms with Crippen LogP contribution >= 0.6 is 8.46 Å². The average Bonchev–Trinajstić information content (AvgIpc) is 1.46. The highest BCUT2D eigenvalue weighted by Crippen LogP contribution is 1.67. The van der Waals surface area contributed by atoms with Crippen LogP contribution in [0.4, 0.5) is 0 Å². The van der Waals surface area contributed by atoms with E-state index in [1.165, 1.54) is 0 Å². The summed E-state index contributed by atoms with van der Waals surface area (Å²) in [6.07, 6.45) is 0. The average molecular weight is 95.1 g/mol. The first kappa shape index (κ1) is 8.89. The number of hydrogen-bond donors (Lipinski definition) is 2. The number of hydrogen-bond acceptors (Lipinski definition) is 3. The summed E-state index contributed by atoms with van der Waals surface area (Å²) < 4.78 is 8.96. The monoisotopic (exact) mass is 95.0 g/mol. The van der Waals surface area contributed by atoms with Crippen molar-refractivity contribution >= 4 is 8.46 Å². The molecule has 5 heavy (non-hydrogen) atoms. The summed E-state index contributed by atoms with van der Waals surface area (Å²) in [5.74, 6) is 8.00. The minimum atomic E-state index is -0.167. The molecule has 1 unspecified atom stereocenters. The largest absolute Gasteiger partial charge is 0.321 e. The van der Waals surface area contributed by atoms with Crippen LogP contribution in [0.25, 0.3) is 0 Å². The Morgan fingerprint density at radius 1 is 1.60 bits per heavy atom. The molecule has 0 aliphatic heterocycles. The third kappa shape index (κ3) is 41000. The molecule has 3 nitrogen and oxygen atoms in total. The van der Waals surface area contributed by atoms with Gasteiger partial charge in [0.25, 0.3) is 0 Å². The lowest BCUT2D eigenvalue weighted by Crippen LogP contribution is -2.02. The fourth-order valence-electron chi connectivity index (χ4n) is 0. The summed E-state index contributed by atoms with van der Waals surface area (Å²) >= 11 is 0. The molecule has 4 N–H and O–H groups in total. The molecule has 1 atom stereocenters. The number of nitrogens with two attached hydrogens (primary N) is 2. The van der Waals surface area contributed by atoms with Crippen LogP contribution in [0.2, 0.25) is 0 Å². The van der Waals surface area contributed by atoms with Gasteiger partial charge in [0.1, 0.15) is 6.66 Å². The standard InChI is InChI=1S/CH3OP.H4N2/c1-3-2;1-2/h1H3;1-2H2/p+1. The molecule has 0 radical (unpaired) electrons. The second-order valence-electron chi connectivity index (χ2n) is 0.204. The molecule has 4 heteroatoms. The molecule has 0 aromatic rings. The Balaban J connectivity index is 0. The van der Waals surface area contributed by atoms with E-state index in [9.17, 15) is 0 Å². The first-order valence-corrected chi connectivity index (χ1v) is 2.45. The molecule has 0 aromatic carbocycles. The first-order valence-electron chi connectivity index (χ1n) is 1.04. The minimum Gasteiger partial charge on any atom is -0.274 e. The topological polar surface area (TPSA) is 69.1 Å². The predicted molar refractivity (Wildman–Crippen MR) is 23.3 cm³/mol. The third-order valence-corrected chi connectivity index (χ3v) is 0. The van der Waals surface area contributed by atoms with E-state index in [0.29, 0.717) is 0 Å². The summed E-state index contributed by atoms with van der Waals surface area (Å²) in [7, 11) is -0.167. The summed E-state index contributed by atoms with van der Waals surface area (Å²) in [5.41, 5.74) is 0. The SMILES string of the molecule is C[PH+]=O.NN. The zero-order chi connectivity index (χ0) is 4.71. The summed E-state index contributed by atoms with van der Waals surface area (Å²) in [4.78, 5) is 0. The molecule has 32 valence electrons. The second-order valence-corrected chi connectivity index (χ2v) is 0.612. The molecule has 0 aliphatic carbocycles. The van der Waals surface area contributed by atoms with Crippen molar-refractivity contribution in [3.05, 3.63) is 0 Å². The molecular weight excluding hydrogens is 87.0 g/mol. The molecule has 0 saturated heterocycles. The highest BCUT2D eigenvalue weighted by molar-refractivity contribution is 7.22. The van der Waals surface area contributed by atoms with Gasteiger partial charge >= 0.3 is 8.46 Å². The van der Waals surface area contributed by atoms with Gasteiger partial charge in [-0.2, -0.15) is 0 Å². The van der Waals surface area contributed by atoms with Crippen molar-refractivity contribution in [2.45, 2.75) is 0 Å². The van der Waals surface area contributed by atoms with Gasteiger partial charge in [-0.05, 0) is 0 Å². The van der Waals surface area contributed by atoms with Crippen LogP contribution in [-0.4, -0.2) is 6.66 Å². The van der Waals surface area contributed by atoms with Crippen LogP contribution in [0.1, 0.15) is 0 Å². The van der Waals surface area contributed by atoms with Crippen molar-refractivity contribution in [3.8, 4) is 0 Å². The third-order valence-electron chi connectivity index (χ3n) is 0. The van der Waals surface area contributed by atoms with Gasteiger partial charge < -0.3 is 0 Å². The van der Waals surface area contributed by atoms with E-state index in [1.807, 2.05) is 0 Å². The molecule has 0 aliphatic rings. The van der Waals surface area contributed by atoms with Crippen molar-refractivity contribution in [1.82, 2.24) is 0 Å². The molecular formula is CH8N2OP+. The van der Waals surface area contributed by atoms with Crippen molar-refractivity contribution in [3.63, 3.8) is 0 Å². The van der Waals surface area contributed by atoms with E-state index < -0.39 is 0 Å². The van der Waals surface area contributed by atoms with E-state index in [4.69, 9.17) is 4.57 Å². The highest BCUT2D eigenvalue weighted by atomic mass is 31.1. The van der Waals surface area contributed by atoms with E-state index in [1.54, 1.807) is 6.66 Å². The van der Waals surface area contributed by atoms with Crippen LogP contribution in [0, 0.1) is 0 Å². The first-order chi connectivity index (χ1) is 2.41. The summed E-state index contributed by atoms with van der Waals surface area (Å²) in [6.45, 7) is 1.60. The highest BCUT2D eigenvalue weighted by Gasteiger charge is 1.43. The van der Waals surface area contributed by atoms with Gasteiger partial charge in [-0.25, -0.2) is 0 Å². The maximum Gasteiger partial charge on any atom is 0.321 e. The normalized spacial score (nSPS) is 5.40. The maximum absolute atomic E-state index is 8.96. The molecule has 0 bridgehead atoms. The zero-order valence-electron chi connectivity index (χ0n) is 3.06. The van der Waals surface area contributed by atoms with Crippen LogP contribution in [0.15, 0.2) is 0 Å². The van der Waals surface area contributed by atoms with Gasteiger partial charge in [-0.1, -0.05) is 4.57 Å². The lowest BCUT2D eigenvalue weighted by molar-refractivity contribution is 0.601. The molecule has 0 spiro atoms. The molecule has 0 heterocycles. The van der Waals surface area contributed by atoms with Crippen LogP contribution in [0.5, 0.6) is 0 Å². The van der Waals surface area contributed by atoms with Gasteiger partial charge in [0.2, 0.25) is 0 Å².